The van der Waals surface area contributed by atoms with E-state index in [9.17, 15) is 18.0 Å². The molecule has 1 atom stereocenters. The fourth-order valence-corrected chi connectivity index (χ4v) is 4.15. The van der Waals surface area contributed by atoms with E-state index in [4.69, 9.17) is 4.52 Å². The van der Waals surface area contributed by atoms with Crippen LogP contribution in [0.2, 0.25) is 0 Å². The number of alkyl halides is 2. The number of hydrogen-bond acceptors (Lipinski definition) is 3. The smallest absolute Gasteiger partial charge is 0.317 e. The summed E-state index contributed by atoms with van der Waals surface area (Å²) in [6.45, 7) is 1.06. The molecular weight excluding hydrogens is 359 g/mol. The lowest BCUT2D eigenvalue weighted by molar-refractivity contribution is -0.0352. The summed E-state index contributed by atoms with van der Waals surface area (Å²) in [5, 5.41) is 7.55. The molecule has 1 aliphatic heterocycles. The van der Waals surface area contributed by atoms with Gasteiger partial charge in [0, 0.05) is 49.3 Å². The molecule has 1 saturated carbocycles. The Morgan fingerprint density at radius 2 is 2.07 bits per heavy atom. The number of rotatable bonds is 3. The minimum Gasteiger partial charge on any atom is -0.356 e. The molecule has 1 aliphatic carbocycles. The van der Waals surface area contributed by atoms with Gasteiger partial charge >= 0.3 is 6.03 Å². The molecule has 1 aromatic heterocycles. The Kier molecular flexibility index (Phi) is 4.74. The summed E-state index contributed by atoms with van der Waals surface area (Å²) in [4.78, 5) is 14.0. The summed E-state index contributed by atoms with van der Waals surface area (Å²) < 4.78 is 45.8. The van der Waals surface area contributed by atoms with Gasteiger partial charge in [-0.2, -0.15) is 0 Å². The molecule has 2 heterocycles. The number of halogens is 3. The molecule has 5 nitrogen and oxygen atoms in total. The Hall–Kier alpha value is -2.25. The Labute approximate surface area is 154 Å². The first-order valence-corrected chi connectivity index (χ1v) is 9.39. The van der Waals surface area contributed by atoms with Crippen molar-refractivity contribution in [1.82, 2.24) is 15.4 Å². The van der Waals surface area contributed by atoms with Crippen LogP contribution in [0, 0.1) is 11.7 Å². The molecule has 2 aliphatic rings. The van der Waals surface area contributed by atoms with Gasteiger partial charge in [0.25, 0.3) is 5.92 Å². The summed E-state index contributed by atoms with van der Waals surface area (Å²) >= 11 is 0. The molecule has 1 saturated heterocycles. The van der Waals surface area contributed by atoms with E-state index >= 15 is 0 Å². The summed E-state index contributed by atoms with van der Waals surface area (Å²) in [6, 6.07) is 4.07. The largest absolute Gasteiger partial charge is 0.356 e. The fourth-order valence-electron chi connectivity index (χ4n) is 4.15. The van der Waals surface area contributed by atoms with E-state index in [2.05, 4.69) is 10.5 Å². The van der Waals surface area contributed by atoms with Gasteiger partial charge in [-0.15, -0.1) is 0 Å². The highest BCUT2D eigenvalue weighted by molar-refractivity contribution is 5.80. The van der Waals surface area contributed by atoms with Crippen molar-refractivity contribution in [3.63, 3.8) is 0 Å². The lowest BCUT2D eigenvalue weighted by atomic mass is 9.92. The van der Waals surface area contributed by atoms with Crippen LogP contribution in [0.1, 0.15) is 43.7 Å². The number of carbonyl (C=O) groups excluding carboxylic acids is 1. The van der Waals surface area contributed by atoms with E-state index < -0.39 is 11.8 Å². The summed E-state index contributed by atoms with van der Waals surface area (Å²) in [7, 11) is 0. The number of nitrogens with zero attached hydrogens (tertiary/aromatic N) is 2. The third-order valence-corrected chi connectivity index (χ3v) is 5.79. The number of fused-ring (bicyclic) bond motifs is 1. The molecule has 146 valence electrons. The Bertz CT molecular complexity index is 831. The predicted molar refractivity (Wildman–Crippen MR) is 93.2 cm³/mol. The van der Waals surface area contributed by atoms with Crippen molar-refractivity contribution in [2.45, 2.75) is 43.9 Å². The predicted octanol–water partition coefficient (Wildman–Crippen LogP) is 4.29. The third-order valence-electron chi connectivity index (χ3n) is 5.79. The van der Waals surface area contributed by atoms with Crippen molar-refractivity contribution < 1.29 is 22.5 Å². The quantitative estimate of drug-likeness (QED) is 0.863. The van der Waals surface area contributed by atoms with Crippen molar-refractivity contribution >= 4 is 17.0 Å². The van der Waals surface area contributed by atoms with Gasteiger partial charge in [0.1, 0.15) is 5.82 Å². The van der Waals surface area contributed by atoms with Crippen molar-refractivity contribution in [3.05, 3.63) is 29.7 Å². The number of carbonyl (C=O) groups is 1. The highest BCUT2D eigenvalue weighted by atomic mass is 19.3. The van der Waals surface area contributed by atoms with Crippen molar-refractivity contribution in [2.24, 2.45) is 5.92 Å². The van der Waals surface area contributed by atoms with Crippen LogP contribution in [-0.4, -0.2) is 41.6 Å². The molecule has 2 fully saturated rings. The molecule has 2 amide bonds. The summed E-state index contributed by atoms with van der Waals surface area (Å²) in [5.74, 6) is -3.68. The van der Waals surface area contributed by atoms with Crippen LogP contribution >= 0.6 is 0 Å². The minimum atomic E-state index is -2.67. The normalized spacial score (nSPS) is 23.1. The molecule has 1 unspecified atom stereocenters. The lowest BCUT2D eigenvalue weighted by Crippen LogP contribution is -2.46. The van der Waals surface area contributed by atoms with Gasteiger partial charge < -0.3 is 14.7 Å². The molecule has 1 N–H and O–H groups in total. The fraction of sp³-hybridized carbons (Fsp3) is 0.579. The average Bonchev–Trinajstić information content (AvgIpc) is 3.21. The minimum absolute atomic E-state index is 0.0191. The van der Waals surface area contributed by atoms with E-state index in [-0.39, 0.29) is 30.7 Å². The topological polar surface area (TPSA) is 58.4 Å². The summed E-state index contributed by atoms with van der Waals surface area (Å²) in [6.07, 6.45) is 2.27. The monoisotopic (exact) mass is 381 g/mol. The number of aromatic nitrogens is 1. The van der Waals surface area contributed by atoms with Crippen molar-refractivity contribution in [3.8, 4) is 0 Å². The molecule has 0 radical (unpaired) electrons. The second-order valence-corrected chi connectivity index (χ2v) is 7.51. The molecule has 8 heteroatoms. The number of amides is 2. The standard InChI is InChI=1S/C19H22F3N3O2/c20-14-3-4-15-16(10-14)27-24-17(15)12-5-8-25(9-6-12)18(26)23-11-13-2-1-7-19(13,21)22/h3-4,10,12-13H,1-2,5-9,11H2,(H,23,26). The molecule has 0 spiro atoms. The van der Waals surface area contributed by atoms with E-state index in [0.29, 0.717) is 44.4 Å². The Balaban J connectivity index is 1.32. The molecule has 0 bridgehead atoms. The Morgan fingerprint density at radius 1 is 1.30 bits per heavy atom. The maximum atomic E-state index is 13.7. The van der Waals surface area contributed by atoms with Crippen LogP contribution in [0.5, 0.6) is 0 Å². The maximum Gasteiger partial charge on any atom is 0.317 e. The molecular formula is C19H22F3N3O2. The summed E-state index contributed by atoms with van der Waals surface area (Å²) in [5.41, 5.74) is 1.21. The molecule has 2 aromatic rings. The second-order valence-electron chi connectivity index (χ2n) is 7.51. The lowest BCUT2D eigenvalue weighted by Gasteiger charge is -2.32. The van der Waals surface area contributed by atoms with Gasteiger partial charge in [0.2, 0.25) is 0 Å². The van der Waals surface area contributed by atoms with Gasteiger partial charge in [0.15, 0.2) is 5.58 Å². The van der Waals surface area contributed by atoms with Crippen LogP contribution < -0.4 is 5.32 Å². The number of likely N-dealkylation sites (tertiary alicyclic amines) is 1. The van der Waals surface area contributed by atoms with Crippen LogP contribution in [0.3, 0.4) is 0 Å². The highest BCUT2D eigenvalue weighted by Crippen LogP contribution is 2.40. The zero-order valence-electron chi connectivity index (χ0n) is 14.9. The second kappa shape index (κ2) is 7.05. The van der Waals surface area contributed by atoms with Crippen molar-refractivity contribution in [1.29, 1.82) is 0 Å². The molecule has 27 heavy (non-hydrogen) atoms. The maximum absolute atomic E-state index is 13.7. The highest BCUT2D eigenvalue weighted by Gasteiger charge is 2.43. The zero-order chi connectivity index (χ0) is 19.0. The van der Waals surface area contributed by atoms with E-state index in [1.165, 1.54) is 12.1 Å². The first-order valence-electron chi connectivity index (χ1n) is 9.39. The van der Waals surface area contributed by atoms with Gasteiger partial charge in [-0.25, -0.2) is 18.0 Å². The molecule has 1 aromatic carbocycles. The van der Waals surface area contributed by atoms with Gasteiger partial charge in [-0.3, -0.25) is 0 Å². The zero-order valence-corrected chi connectivity index (χ0v) is 14.9. The average molecular weight is 381 g/mol. The van der Waals surface area contributed by atoms with E-state index in [1.54, 1.807) is 11.0 Å². The van der Waals surface area contributed by atoms with Crippen LogP contribution in [0.25, 0.3) is 11.0 Å². The first kappa shape index (κ1) is 18.1. The SMILES string of the molecule is O=C(NCC1CCCC1(F)F)N1CCC(c2noc3cc(F)ccc23)CC1. The number of urea groups is 1. The van der Waals surface area contributed by atoms with Crippen molar-refractivity contribution in [2.75, 3.05) is 19.6 Å². The molecule has 4 rings (SSSR count). The van der Waals surface area contributed by atoms with Gasteiger partial charge in [-0.1, -0.05) is 5.16 Å². The van der Waals surface area contributed by atoms with E-state index in [0.717, 1.165) is 11.1 Å². The Morgan fingerprint density at radius 3 is 2.78 bits per heavy atom. The number of piperidine rings is 1. The van der Waals surface area contributed by atoms with Gasteiger partial charge in [0.05, 0.1) is 5.69 Å². The number of hydrogen-bond donors (Lipinski definition) is 1. The van der Waals surface area contributed by atoms with Crippen LogP contribution in [-0.2, 0) is 0 Å². The van der Waals surface area contributed by atoms with Crippen LogP contribution in [0.4, 0.5) is 18.0 Å². The number of nitrogens with one attached hydrogen (secondary N) is 1. The first-order chi connectivity index (χ1) is 12.9. The van der Waals surface area contributed by atoms with Crippen LogP contribution in [0.15, 0.2) is 22.7 Å². The van der Waals surface area contributed by atoms with E-state index in [1.807, 2.05) is 0 Å². The third kappa shape index (κ3) is 3.61. The number of benzene rings is 1. The van der Waals surface area contributed by atoms with Gasteiger partial charge in [-0.05, 0) is 37.8 Å².